The van der Waals surface area contributed by atoms with Crippen molar-refractivity contribution in [3.8, 4) is 0 Å². The molecule has 144 valence electrons. The summed E-state index contributed by atoms with van der Waals surface area (Å²) < 4.78 is 5.15. The van der Waals surface area contributed by atoms with Gasteiger partial charge in [-0.2, -0.15) is 0 Å². The number of benzene rings is 2. The standard InChI is InChI=1S/C22H28N2O3/c1-6-24(7-2)17-11-9-16(10-12-17)21(25)19-14-13-18(23(4)5)15-20(19)22(26)27-8-3/h9-15H,6-8H2,1-5H3. The van der Waals surface area contributed by atoms with E-state index < -0.39 is 5.97 Å². The topological polar surface area (TPSA) is 49.9 Å². The lowest BCUT2D eigenvalue weighted by molar-refractivity contribution is 0.0523. The SMILES string of the molecule is CCOC(=O)c1cc(N(C)C)ccc1C(=O)c1ccc(N(CC)CC)cc1. The molecule has 0 aliphatic heterocycles. The number of carbonyl (C=O) groups is 2. The van der Waals surface area contributed by atoms with Gasteiger partial charge in [-0.05, 0) is 63.2 Å². The number of esters is 1. The smallest absolute Gasteiger partial charge is 0.338 e. The van der Waals surface area contributed by atoms with E-state index in [-0.39, 0.29) is 12.4 Å². The third kappa shape index (κ3) is 4.67. The van der Waals surface area contributed by atoms with Gasteiger partial charge < -0.3 is 14.5 Å². The summed E-state index contributed by atoms with van der Waals surface area (Å²) in [4.78, 5) is 29.5. The molecule has 0 saturated heterocycles. The van der Waals surface area contributed by atoms with Crippen molar-refractivity contribution in [3.05, 3.63) is 59.2 Å². The monoisotopic (exact) mass is 368 g/mol. The fraction of sp³-hybridized carbons (Fsp3) is 0.364. The second kappa shape index (κ2) is 9.21. The number of anilines is 2. The molecule has 0 atom stereocenters. The van der Waals surface area contributed by atoms with E-state index in [9.17, 15) is 9.59 Å². The fourth-order valence-electron chi connectivity index (χ4n) is 2.95. The van der Waals surface area contributed by atoms with Gasteiger partial charge in [-0.3, -0.25) is 4.79 Å². The average molecular weight is 368 g/mol. The summed E-state index contributed by atoms with van der Waals surface area (Å²) in [6, 6.07) is 12.7. The highest BCUT2D eigenvalue weighted by molar-refractivity contribution is 6.15. The van der Waals surface area contributed by atoms with Crippen LogP contribution in [0.1, 0.15) is 47.1 Å². The molecule has 0 N–H and O–H groups in total. The minimum absolute atomic E-state index is 0.186. The molecule has 0 aliphatic rings. The summed E-state index contributed by atoms with van der Waals surface area (Å²) in [5, 5.41) is 0. The quantitative estimate of drug-likeness (QED) is 0.521. The first kappa shape index (κ1) is 20.5. The van der Waals surface area contributed by atoms with Crippen molar-refractivity contribution in [1.82, 2.24) is 0 Å². The maximum atomic E-state index is 13.0. The first-order valence-corrected chi connectivity index (χ1v) is 9.31. The normalized spacial score (nSPS) is 10.4. The van der Waals surface area contributed by atoms with Crippen LogP contribution in [0, 0.1) is 0 Å². The molecule has 0 saturated carbocycles. The van der Waals surface area contributed by atoms with Crippen molar-refractivity contribution in [2.75, 3.05) is 43.6 Å². The molecule has 0 amide bonds. The minimum Gasteiger partial charge on any atom is -0.462 e. The van der Waals surface area contributed by atoms with Crippen LogP contribution in [0.4, 0.5) is 11.4 Å². The summed E-state index contributed by atoms with van der Waals surface area (Å²) >= 11 is 0. The van der Waals surface area contributed by atoms with Gasteiger partial charge in [0.1, 0.15) is 0 Å². The van der Waals surface area contributed by atoms with E-state index in [2.05, 4.69) is 18.7 Å². The first-order valence-electron chi connectivity index (χ1n) is 9.31. The van der Waals surface area contributed by atoms with Crippen molar-refractivity contribution in [2.45, 2.75) is 20.8 Å². The Morgan fingerprint density at radius 2 is 1.44 bits per heavy atom. The van der Waals surface area contributed by atoms with Crippen LogP contribution in [-0.2, 0) is 4.74 Å². The van der Waals surface area contributed by atoms with Crippen LogP contribution >= 0.6 is 0 Å². The molecule has 0 unspecified atom stereocenters. The van der Waals surface area contributed by atoms with E-state index in [1.165, 1.54) is 0 Å². The maximum absolute atomic E-state index is 13.0. The third-order valence-corrected chi connectivity index (χ3v) is 4.52. The fourth-order valence-corrected chi connectivity index (χ4v) is 2.95. The summed E-state index contributed by atoms with van der Waals surface area (Å²) in [5.74, 6) is -0.668. The zero-order chi connectivity index (χ0) is 20.0. The van der Waals surface area contributed by atoms with E-state index >= 15 is 0 Å². The molecule has 5 nitrogen and oxygen atoms in total. The number of ketones is 1. The first-order chi connectivity index (χ1) is 12.9. The molecule has 0 heterocycles. The zero-order valence-corrected chi connectivity index (χ0v) is 16.8. The van der Waals surface area contributed by atoms with Crippen LogP contribution in [0.5, 0.6) is 0 Å². The lowest BCUT2D eigenvalue weighted by Gasteiger charge is -2.21. The van der Waals surface area contributed by atoms with Gasteiger partial charge in [-0.15, -0.1) is 0 Å². The van der Waals surface area contributed by atoms with E-state index in [1.807, 2.05) is 49.3 Å². The number of nitrogens with zero attached hydrogens (tertiary/aromatic N) is 2. The minimum atomic E-state index is -0.482. The molecular weight excluding hydrogens is 340 g/mol. The van der Waals surface area contributed by atoms with Crippen molar-refractivity contribution in [3.63, 3.8) is 0 Å². The highest BCUT2D eigenvalue weighted by Crippen LogP contribution is 2.23. The molecule has 27 heavy (non-hydrogen) atoms. The zero-order valence-electron chi connectivity index (χ0n) is 16.8. The van der Waals surface area contributed by atoms with Gasteiger partial charge >= 0.3 is 5.97 Å². The van der Waals surface area contributed by atoms with Crippen molar-refractivity contribution < 1.29 is 14.3 Å². The Hall–Kier alpha value is -2.82. The Morgan fingerprint density at radius 1 is 0.852 bits per heavy atom. The molecule has 0 bridgehead atoms. The molecule has 2 aromatic rings. The highest BCUT2D eigenvalue weighted by atomic mass is 16.5. The van der Waals surface area contributed by atoms with E-state index in [0.717, 1.165) is 24.5 Å². The summed E-state index contributed by atoms with van der Waals surface area (Å²) in [5.41, 5.74) is 3.11. The van der Waals surface area contributed by atoms with Gasteiger partial charge in [-0.1, -0.05) is 0 Å². The molecule has 2 aromatic carbocycles. The summed E-state index contributed by atoms with van der Waals surface area (Å²) in [7, 11) is 3.77. The van der Waals surface area contributed by atoms with Crippen molar-refractivity contribution >= 4 is 23.1 Å². The summed E-state index contributed by atoms with van der Waals surface area (Å²) in [6.07, 6.45) is 0. The van der Waals surface area contributed by atoms with E-state index in [4.69, 9.17) is 4.74 Å². The van der Waals surface area contributed by atoms with Gasteiger partial charge in [0, 0.05) is 49.7 Å². The van der Waals surface area contributed by atoms with Gasteiger partial charge in [0.2, 0.25) is 0 Å². The van der Waals surface area contributed by atoms with Crippen LogP contribution < -0.4 is 9.80 Å². The lowest BCUT2D eigenvalue weighted by atomic mass is 9.97. The number of hydrogen-bond donors (Lipinski definition) is 0. The predicted molar refractivity (Wildman–Crippen MR) is 110 cm³/mol. The number of carbonyl (C=O) groups excluding carboxylic acids is 2. The molecule has 0 spiro atoms. The largest absolute Gasteiger partial charge is 0.462 e. The Bertz CT molecular complexity index is 794. The van der Waals surface area contributed by atoms with Crippen molar-refractivity contribution in [2.24, 2.45) is 0 Å². The highest BCUT2D eigenvalue weighted by Gasteiger charge is 2.20. The second-order valence-corrected chi connectivity index (χ2v) is 6.39. The van der Waals surface area contributed by atoms with E-state index in [1.54, 1.807) is 19.1 Å². The van der Waals surface area contributed by atoms with Gasteiger partial charge in [0.15, 0.2) is 5.78 Å². The lowest BCUT2D eigenvalue weighted by Crippen LogP contribution is -2.21. The molecule has 0 aliphatic carbocycles. The number of hydrogen-bond acceptors (Lipinski definition) is 5. The predicted octanol–water partition coefficient (Wildman–Crippen LogP) is 4.01. The van der Waals surface area contributed by atoms with Crippen LogP contribution in [0.3, 0.4) is 0 Å². The third-order valence-electron chi connectivity index (χ3n) is 4.52. The van der Waals surface area contributed by atoms with Crippen molar-refractivity contribution in [1.29, 1.82) is 0 Å². The molecular formula is C22H28N2O3. The molecule has 5 heteroatoms. The van der Waals surface area contributed by atoms with E-state index in [0.29, 0.717) is 16.7 Å². The van der Waals surface area contributed by atoms with Gasteiger partial charge in [-0.25, -0.2) is 4.79 Å². The Labute approximate surface area is 161 Å². The maximum Gasteiger partial charge on any atom is 0.338 e. The van der Waals surface area contributed by atoms with Crippen LogP contribution in [0.15, 0.2) is 42.5 Å². The number of rotatable bonds is 8. The van der Waals surface area contributed by atoms with Crippen LogP contribution in [0.25, 0.3) is 0 Å². The Balaban J connectivity index is 2.41. The Kier molecular flexibility index (Phi) is 6.99. The van der Waals surface area contributed by atoms with Gasteiger partial charge in [0.25, 0.3) is 0 Å². The Morgan fingerprint density at radius 3 is 1.96 bits per heavy atom. The molecule has 0 fully saturated rings. The van der Waals surface area contributed by atoms with Crippen LogP contribution in [0.2, 0.25) is 0 Å². The van der Waals surface area contributed by atoms with Crippen LogP contribution in [-0.4, -0.2) is 45.5 Å². The summed E-state index contributed by atoms with van der Waals surface area (Å²) in [6.45, 7) is 8.02. The van der Waals surface area contributed by atoms with Gasteiger partial charge in [0.05, 0.1) is 12.2 Å². The number of ether oxygens (including phenoxy) is 1. The molecule has 0 radical (unpaired) electrons. The molecule has 0 aromatic heterocycles. The molecule has 2 rings (SSSR count). The second-order valence-electron chi connectivity index (χ2n) is 6.39. The average Bonchev–Trinajstić information content (AvgIpc) is 2.68.